The number of nitrogens with zero attached hydrogens (tertiary/aromatic N) is 4. The van der Waals surface area contributed by atoms with E-state index in [-0.39, 0.29) is 14.0 Å². The van der Waals surface area contributed by atoms with E-state index in [9.17, 15) is 28.0 Å². The van der Waals surface area contributed by atoms with Crippen molar-refractivity contribution in [1.82, 2.24) is 20.0 Å². The molecule has 5 rings (SSSR count). The van der Waals surface area contributed by atoms with Crippen molar-refractivity contribution in [3.8, 4) is 6.07 Å². The van der Waals surface area contributed by atoms with Gasteiger partial charge in [0.1, 0.15) is 11.6 Å². The predicted molar refractivity (Wildman–Crippen MR) is 142 cm³/mol. The molecule has 41 heavy (non-hydrogen) atoms. The molecule has 7 nitrogen and oxygen atoms in total. The highest BCUT2D eigenvalue weighted by atomic mass is 19.4. The van der Waals surface area contributed by atoms with Crippen LogP contribution in [0, 0.1) is 22.7 Å². The molecular weight excluding hydrogens is 545 g/mol. The van der Waals surface area contributed by atoms with Gasteiger partial charge in [0, 0.05) is 56.2 Å². The number of piperazine rings is 1. The van der Waals surface area contributed by atoms with E-state index in [2.05, 4.69) is 10.2 Å². The van der Waals surface area contributed by atoms with Crippen LogP contribution >= 0.6 is 0 Å². The van der Waals surface area contributed by atoms with Crippen LogP contribution in [0.3, 0.4) is 0 Å². The van der Waals surface area contributed by atoms with E-state index >= 15 is 8.78 Å². The van der Waals surface area contributed by atoms with Crippen molar-refractivity contribution in [3.63, 3.8) is 0 Å². The second-order valence-corrected chi connectivity index (χ2v) is 12.2. The van der Waals surface area contributed by atoms with Gasteiger partial charge in [0.25, 0.3) is 5.92 Å². The lowest BCUT2D eigenvalue weighted by atomic mass is 9.88. The predicted octanol–water partition coefficient (Wildman–Crippen LogP) is 4.37. The van der Waals surface area contributed by atoms with Gasteiger partial charge in [-0.3, -0.25) is 14.5 Å². The lowest BCUT2D eigenvalue weighted by molar-refractivity contribution is -0.146. The molecule has 0 radical (unpaired) electrons. The molecule has 2 saturated heterocycles. The van der Waals surface area contributed by atoms with E-state index in [0.29, 0.717) is 44.3 Å². The molecular formula is C29H38F5N5O2. The number of carbonyl (C=O) groups is 2. The van der Waals surface area contributed by atoms with Gasteiger partial charge in [-0.25, -0.2) is 8.78 Å². The van der Waals surface area contributed by atoms with E-state index < -0.39 is 70.9 Å². The van der Waals surface area contributed by atoms with Crippen molar-refractivity contribution in [2.75, 3.05) is 39.8 Å². The van der Waals surface area contributed by atoms with E-state index in [0.717, 1.165) is 30.1 Å². The third-order valence-corrected chi connectivity index (χ3v) is 8.97. The van der Waals surface area contributed by atoms with Gasteiger partial charge in [-0.15, -0.1) is 0 Å². The summed E-state index contributed by atoms with van der Waals surface area (Å²) >= 11 is 0. The number of amides is 2. The Morgan fingerprint density at radius 1 is 1.05 bits per heavy atom. The second-order valence-electron chi connectivity index (χ2n) is 12.2. The number of likely N-dealkylation sites (tertiary alicyclic amines) is 1. The molecule has 2 amide bonds. The summed E-state index contributed by atoms with van der Waals surface area (Å²) in [7, 11) is 1.96. The lowest BCUT2D eigenvalue weighted by Gasteiger charge is -2.32. The Morgan fingerprint density at radius 3 is 2.22 bits per heavy atom. The summed E-state index contributed by atoms with van der Waals surface area (Å²) < 4.78 is 74.6. The fraction of sp³-hybridized carbons (Fsp3) is 0.690. The summed E-state index contributed by atoms with van der Waals surface area (Å²) in [6.07, 6.45) is -3.58. The highest BCUT2D eigenvalue weighted by Crippen LogP contribution is 2.51. The van der Waals surface area contributed by atoms with Gasteiger partial charge >= 0.3 is 6.18 Å². The Hall–Kier alpha value is -2.78. The largest absolute Gasteiger partial charge is 0.416 e. The molecule has 2 atom stereocenters. The Kier molecular flexibility index (Phi) is 8.21. The molecule has 1 N–H and O–H groups in total. The van der Waals surface area contributed by atoms with Crippen LogP contribution in [0.2, 0.25) is 0 Å². The molecule has 4 aliphatic rings. The summed E-state index contributed by atoms with van der Waals surface area (Å²) in [4.78, 5) is 31.6. The zero-order chi connectivity index (χ0) is 29.1. The number of likely N-dealkylation sites (N-methyl/N-ethyl adjacent to an activating group) is 1. The quantitative estimate of drug-likeness (QED) is 0.483. The van der Waals surface area contributed by atoms with Gasteiger partial charge in [-0.05, 0) is 50.8 Å². The first-order valence-corrected chi connectivity index (χ1v) is 13.7. The first kappa shape index (κ1) is 31.2. The van der Waals surface area contributed by atoms with E-state index in [1.807, 2.05) is 18.0 Å². The lowest BCUT2D eigenvalue weighted by Crippen LogP contribution is -2.50. The average molecular weight is 584 g/mol. The molecule has 12 heteroatoms. The fourth-order valence-electron chi connectivity index (χ4n) is 5.73. The van der Waals surface area contributed by atoms with Gasteiger partial charge in [0.05, 0.1) is 11.6 Å². The fourth-order valence-corrected chi connectivity index (χ4v) is 5.73. The van der Waals surface area contributed by atoms with Crippen LogP contribution < -0.4 is 5.32 Å². The molecule has 2 aliphatic carbocycles. The number of hydrogen-bond donors (Lipinski definition) is 1. The maximum Gasteiger partial charge on any atom is 0.416 e. The highest BCUT2D eigenvalue weighted by molar-refractivity contribution is 5.92. The minimum Gasteiger partial charge on any atom is -0.336 e. The Balaban J connectivity index is 0.00000387. The number of rotatable bonds is 7. The normalized spacial score (nSPS) is 25.7. The van der Waals surface area contributed by atoms with Gasteiger partial charge in [0.15, 0.2) is 0 Å². The smallest absolute Gasteiger partial charge is 0.336 e. The van der Waals surface area contributed by atoms with Crippen LogP contribution in [0.4, 0.5) is 22.0 Å². The van der Waals surface area contributed by atoms with Crippen molar-refractivity contribution >= 4 is 11.8 Å². The van der Waals surface area contributed by atoms with Crippen LogP contribution in [0.25, 0.3) is 0 Å². The Bertz CT molecular complexity index is 1210. The molecule has 0 spiro atoms. The molecule has 0 bridgehead atoms. The van der Waals surface area contributed by atoms with Gasteiger partial charge in [0.2, 0.25) is 11.8 Å². The molecule has 1 aromatic carbocycles. The maximum absolute atomic E-state index is 16.0. The number of benzene rings is 1. The summed E-state index contributed by atoms with van der Waals surface area (Å²) in [5.41, 5.74) is -4.08. The van der Waals surface area contributed by atoms with Gasteiger partial charge < -0.3 is 15.1 Å². The average Bonchev–Trinajstić information content (AvgIpc) is 3.80. The van der Waals surface area contributed by atoms with Crippen LogP contribution in [0.1, 0.15) is 63.1 Å². The number of alkyl halides is 5. The maximum atomic E-state index is 16.0. The van der Waals surface area contributed by atoms with Gasteiger partial charge in [-0.2, -0.15) is 18.4 Å². The first-order valence-electron chi connectivity index (χ1n) is 13.7. The minimum atomic E-state index is -5.02. The Morgan fingerprint density at radius 2 is 1.68 bits per heavy atom. The number of carbonyl (C=O) groups excluding carboxylic acids is 2. The molecule has 2 aliphatic heterocycles. The summed E-state index contributed by atoms with van der Waals surface area (Å²) in [5, 5.41) is 11.9. The number of hydrogen-bond acceptors (Lipinski definition) is 5. The zero-order valence-corrected chi connectivity index (χ0v) is 22.7. The van der Waals surface area contributed by atoms with Crippen LogP contribution in [0.15, 0.2) is 18.2 Å². The van der Waals surface area contributed by atoms with Crippen LogP contribution in [-0.4, -0.2) is 77.9 Å². The summed E-state index contributed by atoms with van der Waals surface area (Å²) in [6, 6.07) is 3.70. The van der Waals surface area contributed by atoms with Crippen molar-refractivity contribution in [1.29, 1.82) is 5.26 Å². The molecule has 2 heterocycles. The van der Waals surface area contributed by atoms with Crippen molar-refractivity contribution in [3.05, 3.63) is 34.9 Å². The third-order valence-electron chi connectivity index (χ3n) is 8.97. The SMILES string of the molecule is C.CN1CCN(Cc2ccc(C(F)(F)[C@@H]3C[C@@H](C(=O)NC4(C#N)CC4)N(C(=O)C4(C)CC4)C3)c(C(F)(F)F)c2)CC1. The number of nitrogens with one attached hydrogen (secondary N) is 1. The molecule has 0 unspecified atom stereocenters. The Labute approximate surface area is 237 Å². The summed E-state index contributed by atoms with van der Waals surface area (Å²) in [5.74, 6) is -6.82. The summed E-state index contributed by atoms with van der Waals surface area (Å²) in [6.45, 7) is 4.23. The highest BCUT2D eigenvalue weighted by Gasteiger charge is 2.58. The molecule has 226 valence electrons. The van der Waals surface area contributed by atoms with Gasteiger partial charge in [-0.1, -0.05) is 26.5 Å². The van der Waals surface area contributed by atoms with Crippen LogP contribution in [0.5, 0.6) is 0 Å². The topological polar surface area (TPSA) is 79.7 Å². The molecule has 4 fully saturated rings. The number of halogens is 5. The standard InChI is InChI=1S/C28H34F5N5O2.CH4/c1-25(5-6-25)24(40)38-16-19(14-22(38)23(39)35-26(17-34)7-8-26)27(29,30)20-4-3-18(13-21(20)28(31,32)33)15-37-11-9-36(2)10-12-37;/h3-4,13,19,22H,5-12,14-16H2,1-2H3,(H,35,39);1H4/t19-,22+;/m1./s1. The number of nitriles is 1. The van der Waals surface area contributed by atoms with Crippen molar-refractivity contribution in [2.24, 2.45) is 11.3 Å². The third kappa shape index (κ3) is 6.21. The van der Waals surface area contributed by atoms with Crippen molar-refractivity contribution < 1.29 is 31.5 Å². The van der Waals surface area contributed by atoms with E-state index in [1.165, 1.54) is 6.07 Å². The minimum absolute atomic E-state index is 0. The molecule has 0 aromatic heterocycles. The zero-order valence-electron chi connectivity index (χ0n) is 22.7. The molecule has 2 saturated carbocycles. The first-order chi connectivity index (χ1) is 18.7. The monoisotopic (exact) mass is 583 g/mol. The van der Waals surface area contributed by atoms with E-state index in [1.54, 1.807) is 6.92 Å². The van der Waals surface area contributed by atoms with Crippen LogP contribution in [-0.2, 0) is 28.2 Å². The second kappa shape index (κ2) is 10.8. The van der Waals surface area contributed by atoms with E-state index in [4.69, 9.17) is 0 Å². The molecule has 1 aromatic rings. The van der Waals surface area contributed by atoms with Crippen molar-refractivity contribution in [2.45, 2.75) is 76.7 Å².